The van der Waals surface area contributed by atoms with Gasteiger partial charge in [-0.3, -0.25) is 4.79 Å². The maximum Gasteiger partial charge on any atom is 0.170 e. The number of ketones is 1. The van der Waals surface area contributed by atoms with Gasteiger partial charge in [0.15, 0.2) is 17.3 Å². The van der Waals surface area contributed by atoms with E-state index < -0.39 is 5.82 Å². The minimum absolute atomic E-state index is 0.0379. The molecule has 0 atom stereocenters. The van der Waals surface area contributed by atoms with Crippen molar-refractivity contribution in [1.82, 2.24) is 4.98 Å². The average molecular weight is 269 g/mol. The van der Waals surface area contributed by atoms with E-state index in [0.29, 0.717) is 0 Å². The van der Waals surface area contributed by atoms with E-state index >= 15 is 0 Å². The van der Waals surface area contributed by atoms with Gasteiger partial charge in [0.05, 0.1) is 16.2 Å². The molecule has 1 aliphatic rings. The number of hydrogen-bond donors (Lipinski definition) is 0. The molecular weight excluding hydrogens is 263 g/mol. The topological polar surface area (TPSA) is 53.8 Å². The number of carbonyl (C=O) groups excluding carboxylic acids is 1. The van der Waals surface area contributed by atoms with Crippen LogP contribution in [0, 0.1) is 23.1 Å². The van der Waals surface area contributed by atoms with Gasteiger partial charge in [-0.2, -0.15) is 5.26 Å². The van der Waals surface area contributed by atoms with Crippen LogP contribution >= 0.6 is 15.9 Å². The molecule has 1 aliphatic carbocycles. The molecule has 1 heterocycles. The lowest BCUT2D eigenvalue weighted by molar-refractivity contribution is 0.0962. The molecule has 0 aliphatic heterocycles. The summed E-state index contributed by atoms with van der Waals surface area (Å²) in [6, 6.07) is 1.80. The van der Waals surface area contributed by atoms with Gasteiger partial charge < -0.3 is 0 Å². The average Bonchev–Trinajstić information content (AvgIpc) is 3.01. The molecule has 15 heavy (non-hydrogen) atoms. The monoisotopic (exact) mass is 268 g/mol. The Morgan fingerprint density at radius 2 is 2.33 bits per heavy atom. The highest BCUT2D eigenvalue weighted by molar-refractivity contribution is 9.10. The van der Waals surface area contributed by atoms with Crippen LogP contribution in [0.3, 0.4) is 0 Å². The fourth-order valence-corrected chi connectivity index (χ4v) is 1.89. The van der Waals surface area contributed by atoms with Crippen molar-refractivity contribution in [2.24, 2.45) is 5.92 Å². The number of nitriles is 1. The third-order valence-corrected chi connectivity index (χ3v) is 3.05. The first-order chi connectivity index (χ1) is 7.15. The van der Waals surface area contributed by atoms with Gasteiger partial charge >= 0.3 is 0 Å². The van der Waals surface area contributed by atoms with Crippen LogP contribution in [0.4, 0.5) is 4.39 Å². The van der Waals surface area contributed by atoms with E-state index in [2.05, 4.69) is 20.9 Å². The Balaban J connectivity index is 2.53. The summed E-state index contributed by atoms with van der Waals surface area (Å²) in [4.78, 5) is 15.3. The molecule has 2 rings (SSSR count). The summed E-state index contributed by atoms with van der Waals surface area (Å²) < 4.78 is 13.6. The maximum atomic E-state index is 13.4. The number of pyridine rings is 1. The first kappa shape index (κ1) is 10.2. The molecular formula is C10H6BrFN2O. The smallest absolute Gasteiger partial charge is 0.170 e. The molecule has 3 nitrogen and oxygen atoms in total. The van der Waals surface area contributed by atoms with Crippen molar-refractivity contribution in [3.05, 3.63) is 27.7 Å². The van der Waals surface area contributed by atoms with Crippen molar-refractivity contribution < 1.29 is 9.18 Å². The summed E-state index contributed by atoms with van der Waals surface area (Å²) in [5.74, 6) is -0.985. The standard InChI is InChI=1S/C10H6BrFN2O/c11-9-7(3-13)14-4-6(12)8(9)10(15)5-1-2-5/h4-5H,1-2H2. The van der Waals surface area contributed by atoms with E-state index in [-0.39, 0.29) is 27.4 Å². The highest BCUT2D eigenvalue weighted by atomic mass is 79.9. The van der Waals surface area contributed by atoms with Crippen LogP contribution in [0.5, 0.6) is 0 Å². The van der Waals surface area contributed by atoms with Gasteiger partial charge in [-0.05, 0) is 28.8 Å². The zero-order valence-electron chi connectivity index (χ0n) is 7.63. The van der Waals surface area contributed by atoms with Gasteiger partial charge in [0.1, 0.15) is 6.07 Å². The van der Waals surface area contributed by atoms with E-state index in [9.17, 15) is 9.18 Å². The summed E-state index contributed by atoms with van der Waals surface area (Å²) in [5.41, 5.74) is 0.00412. The SMILES string of the molecule is N#Cc1ncc(F)c(C(=O)C2CC2)c1Br. The van der Waals surface area contributed by atoms with Gasteiger partial charge in [-0.15, -0.1) is 0 Å². The van der Waals surface area contributed by atoms with Crippen LogP contribution in [-0.2, 0) is 0 Å². The maximum absolute atomic E-state index is 13.4. The summed E-state index contributed by atoms with van der Waals surface area (Å²) in [5, 5.41) is 8.69. The van der Waals surface area contributed by atoms with Crippen LogP contribution < -0.4 is 0 Å². The number of rotatable bonds is 2. The van der Waals surface area contributed by atoms with Crippen LogP contribution in [0.25, 0.3) is 0 Å². The Bertz CT molecular complexity index is 477. The highest BCUT2D eigenvalue weighted by Gasteiger charge is 2.34. The Morgan fingerprint density at radius 3 is 2.87 bits per heavy atom. The fraction of sp³-hybridized carbons (Fsp3) is 0.300. The normalized spacial score (nSPS) is 14.7. The number of aromatic nitrogens is 1. The van der Waals surface area contributed by atoms with Gasteiger partial charge in [0.25, 0.3) is 0 Å². The van der Waals surface area contributed by atoms with E-state index in [0.717, 1.165) is 19.0 Å². The Hall–Kier alpha value is -1.28. The third kappa shape index (κ3) is 1.77. The molecule has 1 fully saturated rings. The zero-order valence-corrected chi connectivity index (χ0v) is 9.21. The molecule has 0 unspecified atom stereocenters. The highest BCUT2D eigenvalue weighted by Crippen LogP contribution is 2.35. The lowest BCUT2D eigenvalue weighted by Crippen LogP contribution is -2.08. The summed E-state index contributed by atoms with van der Waals surface area (Å²) in [6.07, 6.45) is 2.52. The summed E-state index contributed by atoms with van der Waals surface area (Å²) in [7, 11) is 0. The third-order valence-electron chi connectivity index (χ3n) is 2.27. The van der Waals surface area contributed by atoms with Gasteiger partial charge in [0.2, 0.25) is 0 Å². The molecule has 0 radical (unpaired) electrons. The van der Waals surface area contributed by atoms with E-state index in [1.54, 1.807) is 6.07 Å². The number of halogens is 2. The van der Waals surface area contributed by atoms with Crippen molar-refractivity contribution in [1.29, 1.82) is 5.26 Å². The lowest BCUT2D eigenvalue weighted by Gasteiger charge is -2.04. The number of carbonyl (C=O) groups is 1. The van der Waals surface area contributed by atoms with Gasteiger partial charge in [0, 0.05) is 5.92 Å². The summed E-state index contributed by atoms with van der Waals surface area (Å²) in [6.45, 7) is 0. The van der Waals surface area contributed by atoms with Crippen molar-refractivity contribution in [3.8, 4) is 6.07 Å². The van der Waals surface area contributed by atoms with E-state index in [1.807, 2.05) is 0 Å². The molecule has 76 valence electrons. The predicted octanol–water partition coefficient (Wildman–Crippen LogP) is 2.45. The Labute approximate surface area is 94.1 Å². The number of nitrogens with zero attached hydrogens (tertiary/aromatic N) is 2. The van der Waals surface area contributed by atoms with Crippen molar-refractivity contribution >= 4 is 21.7 Å². The second kappa shape index (κ2) is 3.70. The second-order valence-corrected chi connectivity index (χ2v) is 4.19. The molecule has 1 aromatic rings. The lowest BCUT2D eigenvalue weighted by atomic mass is 10.1. The predicted molar refractivity (Wildman–Crippen MR) is 53.7 cm³/mol. The minimum atomic E-state index is -0.669. The van der Waals surface area contributed by atoms with E-state index in [4.69, 9.17) is 5.26 Å². The van der Waals surface area contributed by atoms with Crippen molar-refractivity contribution in [3.63, 3.8) is 0 Å². The van der Waals surface area contributed by atoms with Crippen molar-refractivity contribution in [2.45, 2.75) is 12.8 Å². The molecule has 1 aromatic heterocycles. The van der Waals surface area contributed by atoms with Crippen LogP contribution in [0.15, 0.2) is 10.7 Å². The largest absolute Gasteiger partial charge is 0.294 e. The Morgan fingerprint density at radius 1 is 1.67 bits per heavy atom. The van der Waals surface area contributed by atoms with Gasteiger partial charge in [-0.1, -0.05) is 0 Å². The quantitative estimate of drug-likeness (QED) is 0.775. The van der Waals surface area contributed by atoms with Crippen LogP contribution in [-0.4, -0.2) is 10.8 Å². The van der Waals surface area contributed by atoms with E-state index in [1.165, 1.54) is 0 Å². The number of Topliss-reactive ketones (excluding diaryl/α,β-unsaturated/α-hetero) is 1. The molecule has 0 saturated heterocycles. The first-order valence-electron chi connectivity index (χ1n) is 4.43. The molecule has 0 N–H and O–H groups in total. The molecule has 0 spiro atoms. The minimum Gasteiger partial charge on any atom is -0.294 e. The van der Waals surface area contributed by atoms with Crippen molar-refractivity contribution in [2.75, 3.05) is 0 Å². The molecule has 1 saturated carbocycles. The molecule has 0 amide bonds. The molecule has 5 heteroatoms. The summed E-state index contributed by atoms with van der Waals surface area (Å²) >= 11 is 3.04. The molecule has 0 bridgehead atoms. The van der Waals surface area contributed by atoms with Gasteiger partial charge in [-0.25, -0.2) is 9.37 Å². The molecule has 0 aromatic carbocycles. The zero-order chi connectivity index (χ0) is 11.0. The van der Waals surface area contributed by atoms with Crippen LogP contribution in [0.1, 0.15) is 28.9 Å². The number of hydrogen-bond acceptors (Lipinski definition) is 3. The van der Waals surface area contributed by atoms with Crippen LogP contribution in [0.2, 0.25) is 0 Å². The second-order valence-electron chi connectivity index (χ2n) is 3.39. The Kier molecular flexibility index (Phi) is 2.53. The first-order valence-corrected chi connectivity index (χ1v) is 5.22. The fourth-order valence-electron chi connectivity index (χ4n) is 1.32.